The van der Waals surface area contributed by atoms with E-state index in [1.165, 1.54) is 18.8 Å². The Bertz CT molecular complexity index is 828. The average molecular weight is 381 g/mol. The molecule has 4 rings (SSSR count). The Morgan fingerprint density at radius 1 is 1.29 bits per heavy atom. The molecular formula is C23H27NO4. The number of benzene rings is 1. The lowest BCUT2D eigenvalue weighted by molar-refractivity contribution is -0.132. The van der Waals surface area contributed by atoms with Gasteiger partial charge in [0.25, 0.3) is 0 Å². The van der Waals surface area contributed by atoms with E-state index < -0.39 is 5.97 Å². The normalized spacial score (nSPS) is 31.5. The molecule has 0 aromatic heterocycles. The number of hydrogen-bond donors (Lipinski definition) is 1. The van der Waals surface area contributed by atoms with E-state index in [4.69, 9.17) is 4.74 Å². The predicted octanol–water partition coefficient (Wildman–Crippen LogP) is 3.87. The van der Waals surface area contributed by atoms with Gasteiger partial charge in [0.1, 0.15) is 5.76 Å². The number of methoxy groups -OCH3 is 1. The van der Waals surface area contributed by atoms with Crippen LogP contribution >= 0.6 is 0 Å². The standard InChI is InChI=1S/C23H27NO4/c1-28-19(15-21(26)27)22-17(13-16-7-3-2-4-8-16)14-18-9-5-6-12-24-20(25)10-11-23(18,22)24/h2-4,7-8,13,15,18,22H,5-6,9-12,14H2,1H3,(H,26,27)/b17-13+,19-15+/t18?,22?,23-/m1/s1. The maximum absolute atomic E-state index is 12.8. The van der Waals surface area contributed by atoms with Crippen molar-refractivity contribution < 1.29 is 19.4 Å². The summed E-state index contributed by atoms with van der Waals surface area (Å²) in [6, 6.07) is 10.1. The van der Waals surface area contributed by atoms with Crippen LogP contribution in [-0.2, 0) is 14.3 Å². The monoisotopic (exact) mass is 381 g/mol. The lowest BCUT2D eigenvalue weighted by Gasteiger charge is -2.43. The molecule has 2 aliphatic heterocycles. The molecule has 2 heterocycles. The van der Waals surface area contributed by atoms with Gasteiger partial charge in [-0.25, -0.2) is 4.79 Å². The van der Waals surface area contributed by atoms with E-state index in [1.54, 1.807) is 0 Å². The molecule has 5 nitrogen and oxygen atoms in total. The third-order valence-corrected chi connectivity index (χ3v) is 6.72. The first-order valence-electron chi connectivity index (χ1n) is 10.1. The highest BCUT2D eigenvalue weighted by Gasteiger charge is 2.61. The fourth-order valence-corrected chi connectivity index (χ4v) is 5.73. The smallest absolute Gasteiger partial charge is 0.331 e. The Hall–Kier alpha value is -2.56. The molecule has 1 spiro atoms. The van der Waals surface area contributed by atoms with Gasteiger partial charge >= 0.3 is 5.97 Å². The quantitative estimate of drug-likeness (QED) is 0.635. The van der Waals surface area contributed by atoms with E-state index in [1.807, 2.05) is 18.2 Å². The number of rotatable bonds is 4. The highest BCUT2D eigenvalue weighted by atomic mass is 16.5. The third-order valence-electron chi connectivity index (χ3n) is 6.72. The lowest BCUT2D eigenvalue weighted by Crippen LogP contribution is -2.52. The van der Waals surface area contributed by atoms with Gasteiger partial charge in [0.2, 0.25) is 5.91 Å². The number of carbonyl (C=O) groups is 2. The summed E-state index contributed by atoms with van der Waals surface area (Å²) < 4.78 is 5.64. The fraction of sp³-hybridized carbons (Fsp3) is 0.478. The summed E-state index contributed by atoms with van der Waals surface area (Å²) >= 11 is 0. The first-order valence-corrected chi connectivity index (χ1v) is 10.1. The lowest BCUT2D eigenvalue weighted by atomic mass is 9.75. The van der Waals surface area contributed by atoms with Gasteiger partial charge in [0.15, 0.2) is 0 Å². The Labute approximate surface area is 165 Å². The Kier molecular flexibility index (Phi) is 5.00. The molecule has 1 aliphatic carbocycles. The van der Waals surface area contributed by atoms with Gasteiger partial charge in [0.05, 0.1) is 24.6 Å². The van der Waals surface area contributed by atoms with Crippen LogP contribution in [0, 0.1) is 11.8 Å². The van der Waals surface area contributed by atoms with Gasteiger partial charge in [-0.2, -0.15) is 0 Å². The number of aliphatic carboxylic acids is 1. The molecule has 1 aromatic rings. The summed E-state index contributed by atoms with van der Waals surface area (Å²) in [7, 11) is 1.54. The highest BCUT2D eigenvalue weighted by molar-refractivity contribution is 5.82. The molecule has 0 radical (unpaired) electrons. The zero-order valence-electron chi connectivity index (χ0n) is 16.3. The summed E-state index contributed by atoms with van der Waals surface area (Å²) in [5.41, 5.74) is 1.91. The van der Waals surface area contributed by atoms with E-state index in [-0.39, 0.29) is 17.4 Å². The van der Waals surface area contributed by atoms with Crippen LogP contribution < -0.4 is 0 Å². The molecule has 3 atom stereocenters. The van der Waals surface area contributed by atoms with Crippen molar-refractivity contribution in [3.8, 4) is 0 Å². The number of ether oxygens (including phenoxy) is 1. The molecule has 28 heavy (non-hydrogen) atoms. The van der Waals surface area contributed by atoms with Crippen molar-refractivity contribution in [2.45, 2.75) is 44.1 Å². The zero-order valence-corrected chi connectivity index (χ0v) is 16.3. The molecule has 1 aromatic carbocycles. The summed E-state index contributed by atoms with van der Waals surface area (Å²) in [5, 5.41) is 9.44. The van der Waals surface area contributed by atoms with Gasteiger partial charge in [-0.3, -0.25) is 4.79 Å². The van der Waals surface area contributed by atoms with Gasteiger partial charge in [-0.1, -0.05) is 48.4 Å². The van der Waals surface area contributed by atoms with E-state index in [0.717, 1.165) is 44.2 Å². The van der Waals surface area contributed by atoms with Crippen LogP contribution in [0.5, 0.6) is 0 Å². The van der Waals surface area contributed by atoms with Crippen molar-refractivity contribution >= 4 is 18.0 Å². The second-order valence-electron chi connectivity index (χ2n) is 8.09. The molecular weight excluding hydrogens is 354 g/mol. The molecule has 3 aliphatic rings. The molecule has 1 amide bonds. The third kappa shape index (κ3) is 3.03. The minimum atomic E-state index is -1.01. The van der Waals surface area contributed by atoms with Crippen molar-refractivity contribution in [1.29, 1.82) is 0 Å². The van der Waals surface area contributed by atoms with Gasteiger partial charge in [0, 0.05) is 13.0 Å². The molecule has 2 unspecified atom stereocenters. The van der Waals surface area contributed by atoms with E-state index >= 15 is 0 Å². The SMILES string of the molecule is CO/C(=C/C(=O)O)C1/C(=C/c2ccccc2)CC2CCCCN3C(=O)CC[C@@]213. The summed E-state index contributed by atoms with van der Waals surface area (Å²) in [5.74, 6) is -0.222. The second-order valence-corrected chi connectivity index (χ2v) is 8.09. The number of carboxylic acid groups (broad SMARTS) is 1. The Balaban J connectivity index is 1.88. The van der Waals surface area contributed by atoms with Gasteiger partial charge in [-0.15, -0.1) is 0 Å². The van der Waals surface area contributed by atoms with Crippen molar-refractivity contribution in [2.24, 2.45) is 11.8 Å². The number of carbonyl (C=O) groups excluding carboxylic acids is 1. The van der Waals surface area contributed by atoms with Gasteiger partial charge < -0.3 is 14.7 Å². The van der Waals surface area contributed by atoms with Crippen LogP contribution in [0.3, 0.4) is 0 Å². The van der Waals surface area contributed by atoms with Crippen LogP contribution in [0.25, 0.3) is 6.08 Å². The maximum atomic E-state index is 12.8. The number of amides is 1. The van der Waals surface area contributed by atoms with Crippen molar-refractivity contribution in [3.63, 3.8) is 0 Å². The van der Waals surface area contributed by atoms with Crippen LogP contribution in [0.2, 0.25) is 0 Å². The van der Waals surface area contributed by atoms with E-state index in [2.05, 4.69) is 23.1 Å². The molecule has 1 saturated carbocycles. The predicted molar refractivity (Wildman–Crippen MR) is 106 cm³/mol. The molecule has 5 heteroatoms. The molecule has 1 N–H and O–H groups in total. The maximum Gasteiger partial charge on any atom is 0.331 e. The Morgan fingerprint density at radius 3 is 2.79 bits per heavy atom. The highest BCUT2D eigenvalue weighted by Crippen LogP contribution is 2.59. The summed E-state index contributed by atoms with van der Waals surface area (Å²) in [6.07, 6.45) is 8.73. The average Bonchev–Trinajstić information content (AvgIpc) is 3.09. The first kappa shape index (κ1) is 18.8. The van der Waals surface area contributed by atoms with Crippen molar-refractivity contribution in [1.82, 2.24) is 4.90 Å². The van der Waals surface area contributed by atoms with Crippen LogP contribution in [-0.4, -0.2) is 41.1 Å². The molecule has 148 valence electrons. The molecule has 2 saturated heterocycles. The fourth-order valence-electron chi connectivity index (χ4n) is 5.73. The summed E-state index contributed by atoms with van der Waals surface area (Å²) in [4.78, 5) is 26.4. The number of carboxylic acids is 1. The summed E-state index contributed by atoms with van der Waals surface area (Å²) in [6.45, 7) is 0.758. The molecule has 3 fully saturated rings. The minimum absolute atomic E-state index is 0.198. The van der Waals surface area contributed by atoms with Crippen LogP contribution in [0.1, 0.15) is 44.1 Å². The van der Waals surface area contributed by atoms with Crippen molar-refractivity contribution in [3.05, 3.63) is 53.3 Å². The zero-order chi connectivity index (χ0) is 19.7. The largest absolute Gasteiger partial charge is 0.500 e. The number of hydrogen-bond acceptors (Lipinski definition) is 3. The van der Waals surface area contributed by atoms with Gasteiger partial charge in [-0.05, 0) is 37.2 Å². The number of nitrogens with zero attached hydrogens (tertiary/aromatic N) is 1. The Morgan fingerprint density at radius 2 is 2.07 bits per heavy atom. The minimum Gasteiger partial charge on any atom is -0.500 e. The topological polar surface area (TPSA) is 66.8 Å². The first-order chi connectivity index (χ1) is 13.6. The second kappa shape index (κ2) is 7.46. The van der Waals surface area contributed by atoms with Crippen molar-refractivity contribution in [2.75, 3.05) is 13.7 Å². The van der Waals surface area contributed by atoms with Crippen LogP contribution in [0.4, 0.5) is 0 Å². The van der Waals surface area contributed by atoms with E-state index in [9.17, 15) is 14.7 Å². The van der Waals surface area contributed by atoms with Crippen LogP contribution in [0.15, 0.2) is 47.7 Å². The molecule has 0 bridgehead atoms. The van der Waals surface area contributed by atoms with E-state index in [0.29, 0.717) is 18.1 Å².